The minimum Gasteiger partial charge on any atom is -0.490 e. The van der Waals surface area contributed by atoms with Crippen LogP contribution >= 0.6 is 11.8 Å². The van der Waals surface area contributed by atoms with Gasteiger partial charge in [-0.2, -0.15) is 0 Å². The Bertz CT molecular complexity index is 852. The van der Waals surface area contributed by atoms with E-state index < -0.39 is 0 Å². The molecule has 0 saturated heterocycles. The number of para-hydroxylation sites is 2. The summed E-state index contributed by atoms with van der Waals surface area (Å²) in [5.41, 5.74) is 2.09. The van der Waals surface area contributed by atoms with Crippen molar-refractivity contribution in [2.45, 2.75) is 11.9 Å². The summed E-state index contributed by atoms with van der Waals surface area (Å²) in [6.07, 6.45) is 0. The van der Waals surface area contributed by atoms with Crippen molar-refractivity contribution >= 4 is 28.6 Å². The van der Waals surface area contributed by atoms with Crippen LogP contribution in [0.3, 0.4) is 0 Å². The summed E-state index contributed by atoms with van der Waals surface area (Å²) in [6, 6.07) is 19.4. The van der Waals surface area contributed by atoms with Crippen LogP contribution in [0.15, 0.2) is 65.7 Å². The molecule has 0 aliphatic heterocycles. The zero-order chi connectivity index (χ0) is 17.5. The van der Waals surface area contributed by atoms with Crippen LogP contribution in [-0.4, -0.2) is 29.9 Å². The molecule has 5 heteroatoms. The molecule has 0 spiro atoms. The van der Waals surface area contributed by atoms with Crippen LogP contribution < -0.4 is 4.74 Å². The third-order valence-corrected chi connectivity index (χ3v) is 4.48. The maximum atomic E-state index is 11.8. The van der Waals surface area contributed by atoms with Gasteiger partial charge in [-0.3, -0.25) is 4.79 Å². The fourth-order valence-electron chi connectivity index (χ4n) is 2.40. The standard InChI is InChI=1S/C20H19NO3S/c1-15-13-19(21-18-10-6-5-9-17(15)18)25-14-20(22)24-12-11-23-16-7-3-2-4-8-16/h2-10,13H,11-12,14H2,1H3. The number of fused-ring (bicyclic) bond motifs is 1. The molecule has 1 heterocycles. The molecule has 2 aromatic carbocycles. The zero-order valence-corrected chi connectivity index (χ0v) is 14.8. The highest BCUT2D eigenvalue weighted by Crippen LogP contribution is 2.23. The van der Waals surface area contributed by atoms with Crippen LogP contribution in [0.2, 0.25) is 0 Å². The van der Waals surface area contributed by atoms with Crippen molar-refractivity contribution in [2.24, 2.45) is 0 Å². The average Bonchev–Trinajstić information content (AvgIpc) is 2.64. The van der Waals surface area contributed by atoms with Crippen LogP contribution in [0.25, 0.3) is 10.9 Å². The second-order valence-electron chi connectivity index (χ2n) is 5.47. The molecule has 0 saturated carbocycles. The zero-order valence-electron chi connectivity index (χ0n) is 14.0. The van der Waals surface area contributed by atoms with Crippen molar-refractivity contribution in [3.05, 3.63) is 66.2 Å². The number of thioether (sulfide) groups is 1. The minimum atomic E-state index is -0.269. The predicted octanol–water partition coefficient (Wildman–Crippen LogP) is 4.26. The maximum absolute atomic E-state index is 11.8. The molecule has 0 bridgehead atoms. The van der Waals surface area contributed by atoms with Gasteiger partial charge in [-0.1, -0.05) is 48.2 Å². The van der Waals surface area contributed by atoms with E-state index in [9.17, 15) is 4.79 Å². The van der Waals surface area contributed by atoms with Crippen molar-refractivity contribution in [3.8, 4) is 5.75 Å². The first-order valence-corrected chi connectivity index (χ1v) is 9.03. The van der Waals surface area contributed by atoms with Gasteiger partial charge >= 0.3 is 5.97 Å². The van der Waals surface area contributed by atoms with Gasteiger partial charge in [0.15, 0.2) is 0 Å². The predicted molar refractivity (Wildman–Crippen MR) is 100 cm³/mol. The van der Waals surface area contributed by atoms with E-state index in [1.54, 1.807) is 0 Å². The van der Waals surface area contributed by atoms with Crippen molar-refractivity contribution in [1.29, 1.82) is 0 Å². The van der Waals surface area contributed by atoms with Crippen LogP contribution in [0.4, 0.5) is 0 Å². The molecule has 4 nitrogen and oxygen atoms in total. The summed E-state index contributed by atoms with van der Waals surface area (Å²) in [5.74, 6) is 0.730. The van der Waals surface area contributed by atoms with Gasteiger partial charge in [0, 0.05) is 5.39 Å². The van der Waals surface area contributed by atoms with Gasteiger partial charge in [0.05, 0.1) is 16.3 Å². The van der Waals surface area contributed by atoms with Crippen molar-refractivity contribution in [1.82, 2.24) is 4.98 Å². The number of ether oxygens (including phenoxy) is 2. The quantitative estimate of drug-likeness (QED) is 0.361. The smallest absolute Gasteiger partial charge is 0.316 e. The molecule has 0 N–H and O–H groups in total. The first kappa shape index (κ1) is 17.3. The van der Waals surface area contributed by atoms with Crippen LogP contribution in [0.1, 0.15) is 5.56 Å². The van der Waals surface area contributed by atoms with Gasteiger partial charge in [0.2, 0.25) is 0 Å². The highest BCUT2D eigenvalue weighted by molar-refractivity contribution is 7.99. The Morgan fingerprint density at radius 1 is 1.04 bits per heavy atom. The largest absolute Gasteiger partial charge is 0.490 e. The minimum absolute atomic E-state index is 0.232. The molecule has 0 aliphatic rings. The van der Waals surface area contributed by atoms with Gasteiger partial charge in [0.25, 0.3) is 0 Å². The Balaban J connectivity index is 1.44. The molecule has 128 valence electrons. The van der Waals surface area contributed by atoms with Crippen molar-refractivity contribution in [2.75, 3.05) is 19.0 Å². The SMILES string of the molecule is Cc1cc(SCC(=O)OCCOc2ccccc2)nc2ccccc12. The molecule has 0 atom stereocenters. The summed E-state index contributed by atoms with van der Waals surface area (Å²) in [5, 5.41) is 1.96. The lowest BCUT2D eigenvalue weighted by Crippen LogP contribution is -2.13. The molecule has 0 radical (unpaired) electrons. The molecule has 3 rings (SSSR count). The molecular weight excluding hydrogens is 334 g/mol. The third kappa shape index (κ3) is 4.97. The Morgan fingerprint density at radius 3 is 2.64 bits per heavy atom. The first-order valence-electron chi connectivity index (χ1n) is 8.05. The molecule has 25 heavy (non-hydrogen) atoms. The summed E-state index contributed by atoms with van der Waals surface area (Å²) < 4.78 is 10.7. The van der Waals surface area contributed by atoms with E-state index in [-0.39, 0.29) is 18.3 Å². The number of aromatic nitrogens is 1. The lowest BCUT2D eigenvalue weighted by Gasteiger charge is -2.08. The lowest BCUT2D eigenvalue weighted by atomic mass is 10.1. The second kappa shape index (κ2) is 8.53. The number of aryl methyl sites for hydroxylation is 1. The number of benzene rings is 2. The molecule has 0 unspecified atom stereocenters. The molecule has 1 aromatic heterocycles. The number of hydrogen-bond donors (Lipinski definition) is 0. The Hall–Kier alpha value is -2.53. The van der Waals surface area contributed by atoms with Gasteiger partial charge in [-0.15, -0.1) is 0 Å². The number of carbonyl (C=O) groups is 1. The maximum Gasteiger partial charge on any atom is 0.316 e. The third-order valence-electron chi connectivity index (χ3n) is 3.60. The van der Waals surface area contributed by atoms with Gasteiger partial charge < -0.3 is 9.47 Å². The molecule has 0 amide bonds. The lowest BCUT2D eigenvalue weighted by molar-refractivity contribution is -0.141. The fourth-order valence-corrected chi connectivity index (χ4v) is 3.17. The highest BCUT2D eigenvalue weighted by atomic mass is 32.2. The van der Waals surface area contributed by atoms with Gasteiger partial charge in [0.1, 0.15) is 19.0 Å². The number of pyridine rings is 1. The summed E-state index contributed by atoms with van der Waals surface area (Å²) in [6.45, 7) is 2.62. The topological polar surface area (TPSA) is 48.4 Å². The number of esters is 1. The Morgan fingerprint density at radius 2 is 1.80 bits per heavy atom. The van der Waals surface area contributed by atoms with Crippen LogP contribution in [0.5, 0.6) is 5.75 Å². The van der Waals surface area contributed by atoms with E-state index in [0.717, 1.165) is 27.2 Å². The van der Waals surface area contributed by atoms with E-state index in [0.29, 0.717) is 6.61 Å². The van der Waals surface area contributed by atoms with Crippen molar-refractivity contribution < 1.29 is 14.3 Å². The van der Waals surface area contributed by atoms with Crippen LogP contribution in [-0.2, 0) is 9.53 Å². The fraction of sp³-hybridized carbons (Fsp3) is 0.200. The van der Waals surface area contributed by atoms with E-state index in [2.05, 4.69) is 4.98 Å². The Labute approximate surface area is 151 Å². The number of hydrogen-bond acceptors (Lipinski definition) is 5. The summed E-state index contributed by atoms with van der Waals surface area (Å²) in [7, 11) is 0. The number of rotatable bonds is 7. The molecular formula is C20H19NO3S. The molecule has 3 aromatic rings. The van der Waals surface area contributed by atoms with Gasteiger partial charge in [-0.05, 0) is 36.8 Å². The van der Waals surface area contributed by atoms with Crippen LogP contribution in [0, 0.1) is 6.92 Å². The van der Waals surface area contributed by atoms with E-state index in [1.807, 2.05) is 67.6 Å². The Kier molecular flexibility index (Phi) is 5.90. The average molecular weight is 353 g/mol. The van der Waals surface area contributed by atoms with Gasteiger partial charge in [-0.25, -0.2) is 4.98 Å². The van der Waals surface area contributed by atoms with Crippen molar-refractivity contribution in [3.63, 3.8) is 0 Å². The molecule has 0 fully saturated rings. The normalized spacial score (nSPS) is 10.6. The monoisotopic (exact) mass is 353 g/mol. The highest BCUT2D eigenvalue weighted by Gasteiger charge is 2.07. The van der Waals surface area contributed by atoms with E-state index in [1.165, 1.54) is 11.8 Å². The second-order valence-corrected chi connectivity index (χ2v) is 6.46. The number of nitrogens with zero attached hydrogens (tertiary/aromatic N) is 1. The first-order chi connectivity index (χ1) is 12.2. The summed E-state index contributed by atoms with van der Waals surface area (Å²) >= 11 is 1.39. The van der Waals surface area contributed by atoms with E-state index in [4.69, 9.17) is 9.47 Å². The summed E-state index contributed by atoms with van der Waals surface area (Å²) in [4.78, 5) is 16.4. The number of carbonyl (C=O) groups excluding carboxylic acids is 1. The molecule has 0 aliphatic carbocycles. The van der Waals surface area contributed by atoms with E-state index >= 15 is 0 Å².